The summed E-state index contributed by atoms with van der Waals surface area (Å²) in [6.45, 7) is 2.32. The Labute approximate surface area is 110 Å². The monoisotopic (exact) mass is 259 g/mol. The molecule has 0 spiro atoms. The van der Waals surface area contributed by atoms with E-state index in [4.69, 9.17) is 5.73 Å². The number of amides is 1. The quantitative estimate of drug-likeness (QED) is 0.861. The van der Waals surface area contributed by atoms with Crippen LogP contribution in [0.3, 0.4) is 0 Å². The first kappa shape index (κ1) is 13.0. The Morgan fingerprint density at radius 2 is 2.00 bits per heavy atom. The second-order valence-electron chi connectivity index (χ2n) is 4.03. The Bertz CT molecular complexity index is 583. The van der Waals surface area contributed by atoms with Gasteiger partial charge in [-0.25, -0.2) is 4.39 Å². The van der Waals surface area contributed by atoms with E-state index >= 15 is 0 Å². The highest BCUT2D eigenvalue weighted by Gasteiger charge is 2.16. The number of anilines is 2. The number of halogens is 1. The minimum absolute atomic E-state index is 0.221. The number of nitrogen functional groups attached to an aromatic ring is 1. The van der Waals surface area contributed by atoms with Gasteiger partial charge in [0.25, 0.3) is 5.91 Å². The van der Waals surface area contributed by atoms with E-state index in [0.29, 0.717) is 17.9 Å². The van der Waals surface area contributed by atoms with Crippen molar-refractivity contribution in [3.8, 4) is 0 Å². The van der Waals surface area contributed by atoms with E-state index in [1.807, 2.05) is 6.92 Å². The molecule has 1 aromatic heterocycles. The molecule has 2 aromatic rings. The van der Waals surface area contributed by atoms with Gasteiger partial charge >= 0.3 is 0 Å². The number of pyridine rings is 1. The third kappa shape index (κ3) is 2.88. The normalized spacial score (nSPS) is 10.2. The van der Waals surface area contributed by atoms with Gasteiger partial charge in [0.15, 0.2) is 0 Å². The van der Waals surface area contributed by atoms with Crippen LogP contribution in [0.2, 0.25) is 0 Å². The fraction of sp³-hybridized carbons (Fsp3) is 0.143. The van der Waals surface area contributed by atoms with Gasteiger partial charge in [-0.15, -0.1) is 0 Å². The average Bonchev–Trinajstić information content (AvgIpc) is 2.41. The summed E-state index contributed by atoms with van der Waals surface area (Å²) in [5, 5.41) is 0. The maximum absolute atomic E-state index is 13.1. The lowest BCUT2D eigenvalue weighted by molar-refractivity contribution is 0.0987. The van der Waals surface area contributed by atoms with Crippen molar-refractivity contribution in [2.45, 2.75) is 6.92 Å². The lowest BCUT2D eigenvalue weighted by Gasteiger charge is -2.21. The van der Waals surface area contributed by atoms with Gasteiger partial charge in [-0.1, -0.05) is 0 Å². The second kappa shape index (κ2) is 5.48. The number of rotatable bonds is 3. The molecule has 0 bridgehead atoms. The molecule has 0 saturated carbocycles. The number of nitrogens with zero attached hydrogens (tertiary/aromatic N) is 2. The van der Waals surface area contributed by atoms with E-state index < -0.39 is 5.82 Å². The smallest absolute Gasteiger partial charge is 0.259 e. The average molecular weight is 259 g/mol. The molecular formula is C14H14FN3O. The summed E-state index contributed by atoms with van der Waals surface area (Å²) < 4.78 is 13.1. The van der Waals surface area contributed by atoms with Crippen LogP contribution in [0.1, 0.15) is 17.3 Å². The molecule has 1 heterocycles. The third-order valence-corrected chi connectivity index (χ3v) is 2.72. The summed E-state index contributed by atoms with van der Waals surface area (Å²) in [7, 11) is 0. The van der Waals surface area contributed by atoms with Crippen molar-refractivity contribution in [1.29, 1.82) is 0 Å². The van der Waals surface area contributed by atoms with E-state index in [1.165, 1.54) is 17.2 Å². The molecule has 1 aromatic carbocycles. The lowest BCUT2D eigenvalue weighted by atomic mass is 10.2. The zero-order valence-corrected chi connectivity index (χ0v) is 10.5. The molecule has 0 unspecified atom stereocenters. The number of hydrogen-bond donors (Lipinski definition) is 1. The van der Waals surface area contributed by atoms with Crippen LogP contribution in [0, 0.1) is 5.82 Å². The third-order valence-electron chi connectivity index (χ3n) is 2.72. The molecule has 5 heteroatoms. The molecule has 1 amide bonds. The van der Waals surface area contributed by atoms with Crippen molar-refractivity contribution in [3.05, 3.63) is 54.1 Å². The van der Waals surface area contributed by atoms with E-state index in [2.05, 4.69) is 4.98 Å². The maximum atomic E-state index is 13.1. The molecule has 0 atom stereocenters. The van der Waals surface area contributed by atoms with Crippen molar-refractivity contribution in [1.82, 2.24) is 4.98 Å². The van der Waals surface area contributed by atoms with Gasteiger partial charge in [-0.2, -0.15) is 0 Å². The summed E-state index contributed by atoms with van der Waals surface area (Å²) in [5.41, 5.74) is 7.17. The van der Waals surface area contributed by atoms with Crippen molar-refractivity contribution >= 4 is 17.3 Å². The molecular weight excluding hydrogens is 245 g/mol. The highest BCUT2D eigenvalue weighted by atomic mass is 19.1. The number of benzene rings is 1. The van der Waals surface area contributed by atoms with Gasteiger partial charge < -0.3 is 10.6 Å². The standard InChI is InChI=1S/C14H14FN3O/c1-2-18(13-5-3-12(16)4-6-13)14(19)10-7-11(15)9-17-8-10/h3-9H,2,16H2,1H3. The molecule has 0 aliphatic rings. The number of carbonyl (C=O) groups is 1. The molecule has 4 nitrogen and oxygen atoms in total. The number of nitrogens with two attached hydrogens (primary N) is 1. The summed E-state index contributed by atoms with van der Waals surface area (Å²) in [6.07, 6.45) is 2.42. The van der Waals surface area contributed by atoms with Crippen molar-refractivity contribution in [2.24, 2.45) is 0 Å². The van der Waals surface area contributed by atoms with Crippen LogP contribution in [0.5, 0.6) is 0 Å². The summed E-state index contributed by atoms with van der Waals surface area (Å²) in [6, 6.07) is 8.12. The first-order valence-electron chi connectivity index (χ1n) is 5.89. The summed E-state index contributed by atoms with van der Waals surface area (Å²) in [4.78, 5) is 17.5. The molecule has 0 radical (unpaired) electrons. The summed E-state index contributed by atoms with van der Waals surface area (Å²) in [5.74, 6) is -0.821. The Morgan fingerprint density at radius 1 is 1.32 bits per heavy atom. The fourth-order valence-corrected chi connectivity index (χ4v) is 1.78. The van der Waals surface area contributed by atoms with Crippen LogP contribution in [-0.4, -0.2) is 17.4 Å². The van der Waals surface area contributed by atoms with Crippen LogP contribution >= 0.6 is 0 Å². The molecule has 0 aliphatic carbocycles. The molecule has 19 heavy (non-hydrogen) atoms. The predicted molar refractivity (Wildman–Crippen MR) is 72.4 cm³/mol. The largest absolute Gasteiger partial charge is 0.399 e. The van der Waals surface area contributed by atoms with Gasteiger partial charge in [0.05, 0.1) is 11.8 Å². The van der Waals surface area contributed by atoms with E-state index in [9.17, 15) is 9.18 Å². The zero-order chi connectivity index (χ0) is 13.8. The van der Waals surface area contributed by atoms with Crippen LogP contribution in [0.4, 0.5) is 15.8 Å². The van der Waals surface area contributed by atoms with Gasteiger partial charge in [-0.3, -0.25) is 9.78 Å². The Morgan fingerprint density at radius 3 is 2.58 bits per heavy atom. The van der Waals surface area contributed by atoms with Crippen molar-refractivity contribution in [2.75, 3.05) is 17.2 Å². The van der Waals surface area contributed by atoms with E-state index in [1.54, 1.807) is 24.3 Å². The Balaban J connectivity index is 2.31. The molecule has 2 rings (SSSR count). The Hall–Kier alpha value is -2.43. The first-order chi connectivity index (χ1) is 9.11. The van der Waals surface area contributed by atoms with Gasteiger partial charge in [0, 0.05) is 24.1 Å². The fourth-order valence-electron chi connectivity index (χ4n) is 1.78. The summed E-state index contributed by atoms with van der Waals surface area (Å²) >= 11 is 0. The number of aromatic nitrogens is 1. The highest BCUT2D eigenvalue weighted by Crippen LogP contribution is 2.18. The van der Waals surface area contributed by atoms with Gasteiger partial charge in [-0.05, 0) is 37.3 Å². The minimum atomic E-state index is -0.529. The van der Waals surface area contributed by atoms with Crippen molar-refractivity contribution in [3.63, 3.8) is 0 Å². The number of hydrogen-bond acceptors (Lipinski definition) is 3. The maximum Gasteiger partial charge on any atom is 0.259 e. The van der Waals surface area contributed by atoms with Gasteiger partial charge in [0.2, 0.25) is 0 Å². The molecule has 0 fully saturated rings. The van der Waals surface area contributed by atoms with E-state index in [0.717, 1.165) is 6.20 Å². The molecule has 0 saturated heterocycles. The van der Waals surface area contributed by atoms with Crippen LogP contribution in [-0.2, 0) is 0 Å². The van der Waals surface area contributed by atoms with Crippen molar-refractivity contribution < 1.29 is 9.18 Å². The SMILES string of the molecule is CCN(C(=O)c1cncc(F)c1)c1ccc(N)cc1. The van der Waals surface area contributed by atoms with Crippen LogP contribution < -0.4 is 10.6 Å². The van der Waals surface area contributed by atoms with Crippen LogP contribution in [0.15, 0.2) is 42.7 Å². The van der Waals surface area contributed by atoms with E-state index in [-0.39, 0.29) is 11.5 Å². The minimum Gasteiger partial charge on any atom is -0.399 e. The first-order valence-corrected chi connectivity index (χ1v) is 5.89. The van der Waals surface area contributed by atoms with Gasteiger partial charge in [0.1, 0.15) is 5.82 Å². The predicted octanol–water partition coefficient (Wildman–Crippen LogP) is 2.47. The second-order valence-corrected chi connectivity index (χ2v) is 4.03. The highest BCUT2D eigenvalue weighted by molar-refractivity contribution is 6.05. The molecule has 2 N–H and O–H groups in total. The number of carbonyl (C=O) groups excluding carboxylic acids is 1. The lowest BCUT2D eigenvalue weighted by Crippen LogP contribution is -2.30. The topological polar surface area (TPSA) is 59.2 Å². The Kier molecular flexibility index (Phi) is 3.75. The molecule has 0 aliphatic heterocycles. The van der Waals surface area contributed by atoms with Crippen LogP contribution in [0.25, 0.3) is 0 Å². The zero-order valence-electron chi connectivity index (χ0n) is 10.5. The molecule has 98 valence electrons.